The zero-order valence-corrected chi connectivity index (χ0v) is 10.3. The van der Waals surface area contributed by atoms with Crippen LogP contribution in [0.15, 0.2) is 0 Å². The summed E-state index contributed by atoms with van der Waals surface area (Å²) in [5, 5.41) is 0. The Morgan fingerprint density at radius 2 is 1.00 bits per heavy atom. The Morgan fingerprint density at radius 1 is 1.00 bits per heavy atom. The predicted octanol–water partition coefficient (Wildman–Crippen LogP) is -4.48. The Hall–Kier alpha value is 5.18. The van der Waals surface area contributed by atoms with Crippen molar-refractivity contribution in [3.63, 3.8) is 0 Å². The summed E-state index contributed by atoms with van der Waals surface area (Å²) in [7, 11) is 0. The summed E-state index contributed by atoms with van der Waals surface area (Å²) < 4.78 is 0. The monoisotopic (exact) mass is 450 g/mol. The molecule has 0 saturated carbocycles. The first kappa shape index (κ1) is 91.8. The van der Waals surface area contributed by atoms with Crippen LogP contribution < -0.4 is 0 Å². The van der Waals surface area contributed by atoms with E-state index in [2.05, 4.69) is 0 Å². The molecule has 56 valence electrons. The molecule has 0 bridgehead atoms. The quantitative estimate of drug-likeness (QED) is 0.327. The van der Waals surface area contributed by atoms with Crippen LogP contribution >= 0.6 is 0 Å². The van der Waals surface area contributed by atoms with Gasteiger partial charge >= 0.3 is 60.8 Å². The van der Waals surface area contributed by atoms with Gasteiger partial charge in [-0.25, -0.2) is 0 Å². The van der Waals surface area contributed by atoms with Crippen LogP contribution in [-0.2, 0) is 91.7 Å². The average Bonchev–Trinajstić information content (AvgIpc) is 0. The predicted molar refractivity (Wildman–Crippen MR) is 38.4 cm³/mol. The van der Waals surface area contributed by atoms with E-state index in [4.69, 9.17) is 0 Å². The van der Waals surface area contributed by atoms with Gasteiger partial charge in [-0.15, -0.1) is 0 Å². The third-order valence-electron chi connectivity index (χ3n) is 0. The second-order valence-electron chi connectivity index (χ2n) is 0. The van der Waals surface area contributed by atoms with Crippen molar-refractivity contribution in [2.45, 2.75) is 0 Å². The molecule has 0 aliphatic carbocycles. The summed E-state index contributed by atoms with van der Waals surface area (Å²) in [6.45, 7) is 0. The van der Waals surface area contributed by atoms with Crippen molar-refractivity contribution in [3.8, 4) is 0 Å². The summed E-state index contributed by atoms with van der Waals surface area (Å²) in [6.07, 6.45) is 0. The van der Waals surface area contributed by atoms with Crippen molar-refractivity contribution in [2.75, 3.05) is 0 Å². The van der Waals surface area contributed by atoms with Crippen molar-refractivity contribution >= 4 is 80.2 Å². The van der Waals surface area contributed by atoms with Gasteiger partial charge in [-0.2, -0.15) is 0 Å². The fraction of sp³-hybridized carbons (Fsp3) is 0. The minimum atomic E-state index is 0. The minimum Gasteiger partial charge on any atom is -0.0149 e. The van der Waals surface area contributed by atoms with Gasteiger partial charge < -0.3 is 0 Å². The van der Waals surface area contributed by atoms with E-state index in [9.17, 15) is 0 Å². The number of hydrogen-bond donors (Lipinski definition) is 0. The topological polar surface area (TPSA) is 0 Å². The summed E-state index contributed by atoms with van der Waals surface area (Å²) in [6, 6.07) is 0. The fourth-order valence-corrected chi connectivity index (χ4v) is 0. The van der Waals surface area contributed by atoms with E-state index in [0.29, 0.717) is 0 Å². The first-order valence-corrected chi connectivity index (χ1v) is 0. The third kappa shape index (κ3) is 61.4. The molecule has 0 aliphatic heterocycles. The van der Waals surface area contributed by atoms with Crippen molar-refractivity contribution in [1.82, 2.24) is 0 Å². The molecular formula is H11BCaCuFeMgMnMoSiZn. The average molecular weight is 450 g/mol. The molecule has 0 saturated heterocycles. The first-order valence-electron chi connectivity index (χ1n) is 0. The van der Waals surface area contributed by atoms with Gasteiger partial charge in [-0.1, -0.05) is 0 Å². The van der Waals surface area contributed by atoms with Crippen LogP contribution in [0.25, 0.3) is 0 Å². The molecule has 0 aromatic heterocycles. The molecule has 0 aromatic carbocycles. The third-order valence-corrected chi connectivity index (χ3v) is 0. The van der Waals surface area contributed by atoms with E-state index < -0.39 is 0 Å². The maximum atomic E-state index is 0. The van der Waals surface area contributed by atoms with Gasteiger partial charge in [0.05, 0.1) is 8.41 Å². The number of rotatable bonds is 0. The van der Waals surface area contributed by atoms with Gasteiger partial charge in [0.15, 0.2) is 0 Å². The molecule has 0 aromatic rings. The Labute approximate surface area is 168 Å². The van der Waals surface area contributed by atoms with Crippen LogP contribution in [0, 0.1) is 0 Å². The van der Waals surface area contributed by atoms with Crippen LogP contribution in [0.5, 0.6) is 0 Å². The van der Waals surface area contributed by atoms with Crippen molar-refractivity contribution in [3.05, 3.63) is 0 Å². The van der Waals surface area contributed by atoms with Crippen LogP contribution in [-0.4, -0.2) is 80.2 Å². The van der Waals surface area contributed by atoms with Gasteiger partial charge in [0.2, 0.25) is 0 Å². The second kappa shape index (κ2) is 72.9. The Bertz CT molecular complexity index is 28.5. The van der Waals surface area contributed by atoms with E-state index in [-0.39, 0.29) is 172 Å². The molecule has 0 atom stereocenters. The first-order chi connectivity index (χ1) is 0. The van der Waals surface area contributed by atoms with Crippen molar-refractivity contribution in [1.29, 1.82) is 0 Å². The van der Waals surface area contributed by atoms with Gasteiger partial charge in [0, 0.05) is 91.7 Å². The van der Waals surface area contributed by atoms with E-state index in [1.54, 1.807) is 0 Å². The van der Waals surface area contributed by atoms with E-state index in [1.807, 2.05) is 0 Å². The van der Waals surface area contributed by atoms with Gasteiger partial charge in [-0.3, -0.25) is 0 Å². The van der Waals surface area contributed by atoms with E-state index in [0.717, 1.165) is 0 Å². The van der Waals surface area contributed by atoms with Crippen LogP contribution in [0.1, 0.15) is 0 Å². The minimum absolute atomic E-state index is 0. The summed E-state index contributed by atoms with van der Waals surface area (Å²) in [5.74, 6) is 0. The molecule has 0 heterocycles. The molecular weight excluding hydrogens is 439 g/mol. The summed E-state index contributed by atoms with van der Waals surface area (Å²) in [4.78, 5) is 0. The largest absolute Gasteiger partial charge is 0.316 e. The van der Waals surface area contributed by atoms with Crippen molar-refractivity contribution < 1.29 is 91.7 Å². The smallest absolute Gasteiger partial charge is 0.0149 e. The van der Waals surface area contributed by atoms with Gasteiger partial charge in [0.25, 0.3) is 0 Å². The maximum Gasteiger partial charge on any atom is 0.316 e. The van der Waals surface area contributed by atoms with E-state index >= 15 is 0 Å². The Balaban J connectivity index is 0. The molecule has 0 rings (SSSR count). The molecule has 0 N–H and O–H groups in total. The Kier molecular flexibility index (Phi) is 744. The van der Waals surface area contributed by atoms with Crippen molar-refractivity contribution in [2.24, 2.45) is 0 Å². The fourth-order valence-electron chi connectivity index (χ4n) is 0. The van der Waals surface area contributed by atoms with Gasteiger partial charge in [-0.05, 0) is 11.0 Å². The molecule has 0 unspecified atom stereocenters. The molecule has 0 amide bonds. The molecule has 9 heteroatoms. The molecule has 0 nitrogen and oxygen atoms in total. The second-order valence-corrected chi connectivity index (χ2v) is 0. The SMILES string of the molecule is B.[CaH2].[Cu].[Fe].[MgH2].[Mn].[Mo].[SiH4].[Zn]. The zero-order valence-electron chi connectivity index (χ0n) is 2.15. The Morgan fingerprint density at radius 3 is 1.00 bits per heavy atom. The molecule has 9 heavy (non-hydrogen) atoms. The summed E-state index contributed by atoms with van der Waals surface area (Å²) >= 11 is 0. The molecule has 2 radical (unpaired) electrons. The molecule has 0 aliphatic rings. The number of hydrogen-bond acceptors (Lipinski definition) is 0. The molecule has 0 spiro atoms. The normalized spacial score (nSPS) is 0. The van der Waals surface area contributed by atoms with Crippen LogP contribution in [0.3, 0.4) is 0 Å². The van der Waals surface area contributed by atoms with Crippen LogP contribution in [0.4, 0.5) is 0 Å². The zero-order chi connectivity index (χ0) is 0. The maximum absolute atomic E-state index is 0. The summed E-state index contributed by atoms with van der Waals surface area (Å²) in [5.41, 5.74) is 0. The van der Waals surface area contributed by atoms with Crippen LogP contribution in [0.2, 0.25) is 0 Å². The molecule has 0 fully saturated rings. The standard InChI is InChI=1S/BH3.Ca.Cu.Fe.Mg.Mn.Mo.H4Si.Zn.4H/h1H3;;;;;;;1H4;;;;;. The van der Waals surface area contributed by atoms with E-state index in [1.165, 1.54) is 0 Å². The van der Waals surface area contributed by atoms with Gasteiger partial charge in [0.1, 0.15) is 0 Å².